The zero-order valence-electron chi connectivity index (χ0n) is 21.3. The summed E-state index contributed by atoms with van der Waals surface area (Å²) in [5.74, 6) is -0.458. The van der Waals surface area contributed by atoms with Gasteiger partial charge in [0.1, 0.15) is 17.3 Å². The number of aliphatic hydroxyl groups excluding tert-OH is 1. The van der Waals surface area contributed by atoms with Crippen LogP contribution in [0.5, 0.6) is 11.5 Å². The number of benzene rings is 3. The normalized spacial score (nSPS) is 17.0. The van der Waals surface area contributed by atoms with Crippen LogP contribution < -0.4 is 14.4 Å². The van der Waals surface area contributed by atoms with Gasteiger partial charge in [-0.05, 0) is 90.3 Å². The van der Waals surface area contributed by atoms with E-state index < -0.39 is 17.7 Å². The van der Waals surface area contributed by atoms with Gasteiger partial charge in [-0.15, -0.1) is 0 Å². The molecule has 0 spiro atoms. The molecular formula is C29H26BrN3O5. The van der Waals surface area contributed by atoms with Gasteiger partial charge in [0.2, 0.25) is 5.95 Å². The van der Waals surface area contributed by atoms with Gasteiger partial charge in [0.05, 0.1) is 40.3 Å². The Bertz CT molecular complexity index is 1590. The number of H-pyrrole nitrogens is 1. The van der Waals surface area contributed by atoms with Crippen LogP contribution in [-0.2, 0) is 9.59 Å². The number of rotatable bonds is 6. The van der Waals surface area contributed by atoms with E-state index in [0.29, 0.717) is 32.6 Å². The molecule has 0 bridgehead atoms. The van der Waals surface area contributed by atoms with Gasteiger partial charge in [0.15, 0.2) is 0 Å². The molecule has 1 saturated heterocycles. The molecule has 1 amide bonds. The molecule has 9 heteroatoms. The molecule has 0 saturated carbocycles. The lowest BCUT2D eigenvalue weighted by Gasteiger charge is -2.23. The fourth-order valence-electron chi connectivity index (χ4n) is 4.56. The fraction of sp³-hybridized carbons (Fsp3) is 0.207. The number of imidazole rings is 1. The van der Waals surface area contributed by atoms with Crippen LogP contribution in [0.2, 0.25) is 0 Å². The lowest BCUT2D eigenvalue weighted by molar-refractivity contribution is -0.132. The number of carbonyl (C=O) groups excluding carboxylic acids is 2. The molecule has 1 fully saturated rings. The second-order valence-corrected chi connectivity index (χ2v) is 10.2. The number of aromatic amines is 1. The average Bonchev–Trinajstić information content (AvgIpc) is 3.41. The number of hydrogen-bond donors (Lipinski definition) is 2. The van der Waals surface area contributed by atoms with E-state index in [4.69, 9.17) is 9.47 Å². The lowest BCUT2D eigenvalue weighted by atomic mass is 9.95. The molecule has 3 aromatic carbocycles. The summed E-state index contributed by atoms with van der Waals surface area (Å²) in [5.41, 5.74) is 3.36. The highest BCUT2D eigenvalue weighted by Crippen LogP contribution is 2.42. The maximum atomic E-state index is 13.5. The molecule has 8 nitrogen and oxygen atoms in total. The second kappa shape index (κ2) is 9.98. The maximum Gasteiger partial charge on any atom is 0.302 e. The number of aromatic nitrogens is 2. The second-order valence-electron chi connectivity index (χ2n) is 9.34. The summed E-state index contributed by atoms with van der Waals surface area (Å²) in [5, 5.41) is 11.4. The van der Waals surface area contributed by atoms with E-state index in [2.05, 4.69) is 25.9 Å². The average molecular weight is 576 g/mol. The highest BCUT2D eigenvalue weighted by atomic mass is 79.9. The van der Waals surface area contributed by atoms with Crippen molar-refractivity contribution in [2.75, 3.05) is 12.0 Å². The highest BCUT2D eigenvalue weighted by molar-refractivity contribution is 9.10. The Morgan fingerprint density at radius 2 is 1.82 bits per heavy atom. The van der Waals surface area contributed by atoms with Crippen molar-refractivity contribution in [3.05, 3.63) is 87.4 Å². The first-order valence-corrected chi connectivity index (χ1v) is 12.8. The Morgan fingerprint density at radius 1 is 1.08 bits per heavy atom. The van der Waals surface area contributed by atoms with E-state index in [1.807, 2.05) is 39.0 Å². The number of carbonyl (C=O) groups is 2. The number of ether oxygens (including phenoxy) is 2. The number of Topliss-reactive ketones (excluding diaryl/α,β-unsaturated/α-hetero) is 1. The summed E-state index contributed by atoms with van der Waals surface area (Å²) >= 11 is 3.42. The van der Waals surface area contributed by atoms with Crippen LogP contribution in [-0.4, -0.2) is 40.0 Å². The number of nitrogens with zero attached hydrogens (tertiary/aromatic N) is 2. The Labute approximate surface area is 228 Å². The zero-order chi connectivity index (χ0) is 27.1. The van der Waals surface area contributed by atoms with Gasteiger partial charge in [-0.1, -0.05) is 18.2 Å². The Morgan fingerprint density at radius 3 is 2.47 bits per heavy atom. The molecule has 2 heterocycles. The van der Waals surface area contributed by atoms with Gasteiger partial charge in [-0.25, -0.2) is 4.98 Å². The van der Waals surface area contributed by atoms with Crippen molar-refractivity contribution in [2.24, 2.45) is 0 Å². The number of aryl methyl sites for hydroxylation is 1. The Kier molecular flexibility index (Phi) is 6.71. The summed E-state index contributed by atoms with van der Waals surface area (Å²) in [6, 6.07) is 16.8. The number of anilines is 1. The number of hydrogen-bond acceptors (Lipinski definition) is 6. The predicted molar refractivity (Wildman–Crippen MR) is 149 cm³/mol. The van der Waals surface area contributed by atoms with E-state index in [1.54, 1.807) is 42.5 Å². The van der Waals surface area contributed by atoms with E-state index >= 15 is 0 Å². The predicted octanol–water partition coefficient (Wildman–Crippen LogP) is 6.06. The SMILES string of the molecule is COc1ccc(/C(O)=C2\C(=O)C(=O)N(c3nc4ccc(C)cc4[nH]3)C2c2ccc(OC(C)C)cc2)cc1Br. The van der Waals surface area contributed by atoms with Crippen LogP contribution in [0.15, 0.2) is 70.7 Å². The van der Waals surface area contributed by atoms with Crippen LogP contribution >= 0.6 is 15.9 Å². The molecule has 1 aliphatic rings. The Hall–Kier alpha value is -4.11. The topological polar surface area (TPSA) is 105 Å². The molecule has 194 valence electrons. The first-order chi connectivity index (χ1) is 18.2. The molecule has 1 unspecified atom stereocenters. The number of nitrogens with one attached hydrogen (secondary N) is 1. The van der Waals surface area contributed by atoms with Crippen molar-refractivity contribution in [1.82, 2.24) is 9.97 Å². The van der Waals surface area contributed by atoms with E-state index in [-0.39, 0.29) is 23.4 Å². The minimum Gasteiger partial charge on any atom is -0.507 e. The minimum atomic E-state index is -0.925. The number of amides is 1. The minimum absolute atomic E-state index is 0.0148. The van der Waals surface area contributed by atoms with Crippen LogP contribution in [0.1, 0.15) is 36.6 Å². The number of halogens is 1. The molecule has 1 atom stereocenters. The summed E-state index contributed by atoms with van der Waals surface area (Å²) in [4.78, 5) is 36.0. The van der Waals surface area contributed by atoms with Gasteiger partial charge in [-0.3, -0.25) is 14.5 Å². The van der Waals surface area contributed by atoms with Crippen molar-refractivity contribution in [2.45, 2.75) is 32.9 Å². The van der Waals surface area contributed by atoms with E-state index in [1.165, 1.54) is 12.0 Å². The highest BCUT2D eigenvalue weighted by Gasteiger charge is 2.48. The summed E-state index contributed by atoms with van der Waals surface area (Å²) in [6.45, 7) is 5.82. The number of aliphatic hydroxyl groups is 1. The van der Waals surface area contributed by atoms with Crippen molar-refractivity contribution in [3.8, 4) is 11.5 Å². The molecule has 0 radical (unpaired) electrons. The number of methoxy groups -OCH3 is 1. The van der Waals surface area contributed by atoms with Gasteiger partial charge in [-0.2, -0.15) is 0 Å². The smallest absolute Gasteiger partial charge is 0.302 e. The summed E-state index contributed by atoms with van der Waals surface area (Å²) in [6.07, 6.45) is -0.0148. The molecule has 2 N–H and O–H groups in total. The van der Waals surface area contributed by atoms with Gasteiger partial charge < -0.3 is 19.6 Å². The molecule has 38 heavy (non-hydrogen) atoms. The molecular weight excluding hydrogens is 550 g/mol. The third kappa shape index (κ3) is 4.54. The quantitative estimate of drug-likeness (QED) is 0.164. The van der Waals surface area contributed by atoms with Gasteiger partial charge in [0.25, 0.3) is 5.78 Å². The Balaban J connectivity index is 1.69. The zero-order valence-corrected chi connectivity index (χ0v) is 22.9. The maximum absolute atomic E-state index is 13.5. The number of fused-ring (bicyclic) bond motifs is 1. The van der Waals surface area contributed by atoms with Crippen LogP contribution in [0.3, 0.4) is 0 Å². The fourth-order valence-corrected chi connectivity index (χ4v) is 5.10. The van der Waals surface area contributed by atoms with Gasteiger partial charge in [0, 0.05) is 5.56 Å². The van der Waals surface area contributed by atoms with Crippen LogP contribution in [0.25, 0.3) is 16.8 Å². The van der Waals surface area contributed by atoms with Crippen molar-refractivity contribution in [1.29, 1.82) is 0 Å². The molecule has 0 aliphatic carbocycles. The first kappa shape index (κ1) is 25.5. The standard InChI is InChI=1S/C29H26BrN3O5/c1-15(2)38-19-9-6-17(7-10-19)25-24(26(34)18-8-12-23(37-4)20(30)14-18)27(35)28(36)33(25)29-31-21-11-5-16(3)13-22(21)32-29/h5-15,25,34H,1-4H3,(H,31,32)/b26-24+. The van der Waals surface area contributed by atoms with Crippen molar-refractivity contribution < 1.29 is 24.2 Å². The number of ketones is 1. The summed E-state index contributed by atoms with van der Waals surface area (Å²) in [7, 11) is 1.53. The molecule has 1 aromatic heterocycles. The monoisotopic (exact) mass is 575 g/mol. The molecule has 1 aliphatic heterocycles. The van der Waals surface area contributed by atoms with Crippen LogP contribution in [0, 0.1) is 6.92 Å². The van der Waals surface area contributed by atoms with E-state index in [9.17, 15) is 14.7 Å². The largest absolute Gasteiger partial charge is 0.507 e. The van der Waals surface area contributed by atoms with Crippen LogP contribution in [0.4, 0.5) is 5.95 Å². The van der Waals surface area contributed by atoms with Crippen molar-refractivity contribution >= 4 is 50.4 Å². The van der Waals surface area contributed by atoms with E-state index in [0.717, 1.165) is 11.1 Å². The third-order valence-electron chi connectivity index (χ3n) is 6.29. The van der Waals surface area contributed by atoms with Crippen molar-refractivity contribution in [3.63, 3.8) is 0 Å². The molecule has 4 aromatic rings. The van der Waals surface area contributed by atoms with Gasteiger partial charge >= 0.3 is 5.91 Å². The third-order valence-corrected chi connectivity index (χ3v) is 6.91. The first-order valence-electron chi connectivity index (χ1n) is 12.1. The lowest BCUT2D eigenvalue weighted by Crippen LogP contribution is -2.30. The summed E-state index contributed by atoms with van der Waals surface area (Å²) < 4.78 is 11.7. The molecule has 5 rings (SSSR count).